The Morgan fingerprint density at radius 2 is 1.88 bits per heavy atom. The molecule has 1 N–H and O–H groups in total. The number of amides is 1. The van der Waals surface area contributed by atoms with Crippen LogP contribution in [0.2, 0.25) is 0 Å². The zero-order chi connectivity index (χ0) is 17.1. The van der Waals surface area contributed by atoms with Gasteiger partial charge in [-0.1, -0.05) is 36.4 Å². The zero-order valence-electron chi connectivity index (χ0n) is 13.6. The van der Waals surface area contributed by atoms with Crippen molar-refractivity contribution in [3.05, 3.63) is 58.8 Å². The van der Waals surface area contributed by atoms with E-state index < -0.39 is 5.41 Å². The van der Waals surface area contributed by atoms with Crippen LogP contribution in [0.3, 0.4) is 0 Å². The van der Waals surface area contributed by atoms with Crippen LogP contribution in [0.25, 0.3) is 10.6 Å². The molecule has 25 heavy (non-hydrogen) atoms. The summed E-state index contributed by atoms with van der Waals surface area (Å²) < 4.78 is 5.51. The Kier molecular flexibility index (Phi) is 4.65. The third-order valence-electron chi connectivity index (χ3n) is 4.61. The molecule has 128 valence electrons. The van der Waals surface area contributed by atoms with E-state index in [0.29, 0.717) is 31.2 Å². The molecule has 4 rings (SSSR count). The molecule has 1 aliphatic rings. The summed E-state index contributed by atoms with van der Waals surface area (Å²) in [5.74, 6) is 0.00841. The highest BCUT2D eigenvalue weighted by molar-refractivity contribution is 7.16. The largest absolute Gasteiger partial charge is 0.381 e. The Hall–Kier alpha value is -2.02. The molecule has 1 saturated heterocycles. The first-order chi connectivity index (χ1) is 12.3. The predicted molar refractivity (Wildman–Crippen MR) is 102 cm³/mol. The number of thiophene rings is 1. The maximum Gasteiger partial charge on any atom is 0.236 e. The molecule has 0 bridgehead atoms. The number of ether oxygens (including phenoxy) is 1. The Labute approximate surface area is 154 Å². The van der Waals surface area contributed by atoms with Crippen LogP contribution in [0.5, 0.6) is 0 Å². The number of rotatable bonds is 4. The van der Waals surface area contributed by atoms with Crippen molar-refractivity contribution in [3.63, 3.8) is 0 Å². The summed E-state index contributed by atoms with van der Waals surface area (Å²) in [5, 5.41) is 7.71. The molecule has 0 atom stereocenters. The highest BCUT2D eigenvalue weighted by atomic mass is 32.1. The summed E-state index contributed by atoms with van der Waals surface area (Å²) in [6.45, 7) is 1.20. The minimum Gasteiger partial charge on any atom is -0.381 e. The molecule has 0 saturated carbocycles. The smallest absolute Gasteiger partial charge is 0.236 e. The van der Waals surface area contributed by atoms with Gasteiger partial charge in [0.15, 0.2) is 5.13 Å². The van der Waals surface area contributed by atoms with E-state index in [1.54, 1.807) is 11.3 Å². The molecule has 3 heterocycles. The number of nitrogens with one attached hydrogen (secondary N) is 1. The molecule has 3 aromatic rings. The van der Waals surface area contributed by atoms with E-state index >= 15 is 0 Å². The van der Waals surface area contributed by atoms with Crippen LogP contribution in [0.4, 0.5) is 5.13 Å². The first-order valence-corrected chi connectivity index (χ1v) is 9.98. The van der Waals surface area contributed by atoms with Gasteiger partial charge in [0.2, 0.25) is 5.91 Å². The van der Waals surface area contributed by atoms with Gasteiger partial charge in [-0.15, -0.1) is 22.7 Å². The van der Waals surface area contributed by atoms with E-state index in [1.807, 2.05) is 53.2 Å². The van der Waals surface area contributed by atoms with E-state index in [1.165, 1.54) is 11.3 Å². The number of nitrogens with zero attached hydrogens (tertiary/aromatic N) is 1. The number of hydrogen-bond acceptors (Lipinski definition) is 5. The zero-order valence-corrected chi connectivity index (χ0v) is 15.2. The number of hydrogen-bond donors (Lipinski definition) is 1. The second kappa shape index (κ2) is 7.07. The fraction of sp³-hybridized carbons (Fsp3) is 0.263. The van der Waals surface area contributed by atoms with Gasteiger partial charge >= 0.3 is 0 Å². The molecule has 1 amide bonds. The SMILES string of the molecule is O=C(Nc1nc(-c2cccs2)cs1)C1(c2ccccc2)CCOCC1. The average Bonchev–Trinajstić information content (AvgIpc) is 3.34. The van der Waals surface area contributed by atoms with Gasteiger partial charge in [-0.25, -0.2) is 4.98 Å². The number of carbonyl (C=O) groups is 1. The van der Waals surface area contributed by atoms with Gasteiger partial charge in [-0.3, -0.25) is 4.79 Å². The van der Waals surface area contributed by atoms with Crippen molar-refractivity contribution >= 4 is 33.7 Å². The molecule has 0 aliphatic carbocycles. The summed E-state index contributed by atoms with van der Waals surface area (Å²) in [5.41, 5.74) is 1.41. The summed E-state index contributed by atoms with van der Waals surface area (Å²) in [4.78, 5) is 18.9. The van der Waals surface area contributed by atoms with Gasteiger partial charge in [-0.2, -0.15) is 0 Å². The van der Waals surface area contributed by atoms with Gasteiger partial charge < -0.3 is 10.1 Å². The van der Waals surface area contributed by atoms with Crippen molar-refractivity contribution in [1.82, 2.24) is 4.98 Å². The van der Waals surface area contributed by atoms with Gasteiger partial charge in [0.25, 0.3) is 0 Å². The maximum absolute atomic E-state index is 13.2. The minimum absolute atomic E-state index is 0.00841. The first-order valence-electron chi connectivity index (χ1n) is 8.22. The summed E-state index contributed by atoms with van der Waals surface area (Å²) in [7, 11) is 0. The molecular weight excluding hydrogens is 352 g/mol. The highest BCUT2D eigenvalue weighted by Gasteiger charge is 2.41. The topological polar surface area (TPSA) is 51.2 Å². The molecule has 4 nitrogen and oxygen atoms in total. The Bertz CT molecular complexity index is 837. The van der Waals surface area contributed by atoms with Crippen molar-refractivity contribution < 1.29 is 9.53 Å². The van der Waals surface area contributed by atoms with Crippen molar-refractivity contribution in [3.8, 4) is 10.6 Å². The molecule has 2 aromatic heterocycles. The van der Waals surface area contributed by atoms with E-state index in [0.717, 1.165) is 16.1 Å². The third-order valence-corrected chi connectivity index (χ3v) is 6.26. The van der Waals surface area contributed by atoms with E-state index in [9.17, 15) is 4.79 Å². The Balaban J connectivity index is 1.59. The molecule has 1 fully saturated rings. The number of thiazole rings is 1. The average molecular weight is 370 g/mol. The summed E-state index contributed by atoms with van der Waals surface area (Å²) in [6.07, 6.45) is 1.37. The number of aromatic nitrogens is 1. The lowest BCUT2D eigenvalue weighted by atomic mass is 9.73. The predicted octanol–water partition coefficient (Wildman–Crippen LogP) is 4.56. The van der Waals surface area contributed by atoms with Crippen LogP contribution >= 0.6 is 22.7 Å². The maximum atomic E-state index is 13.2. The van der Waals surface area contributed by atoms with Crippen LogP contribution in [0.1, 0.15) is 18.4 Å². The van der Waals surface area contributed by atoms with Gasteiger partial charge in [0.05, 0.1) is 16.0 Å². The van der Waals surface area contributed by atoms with Gasteiger partial charge in [-0.05, 0) is 29.9 Å². The van der Waals surface area contributed by atoms with Crippen molar-refractivity contribution in [2.45, 2.75) is 18.3 Å². The molecule has 0 radical (unpaired) electrons. The normalized spacial score (nSPS) is 16.5. The lowest BCUT2D eigenvalue weighted by Crippen LogP contribution is -2.44. The minimum atomic E-state index is -0.547. The van der Waals surface area contributed by atoms with E-state index in [4.69, 9.17) is 4.74 Å². The van der Waals surface area contributed by atoms with Crippen LogP contribution in [0.15, 0.2) is 53.2 Å². The fourth-order valence-electron chi connectivity index (χ4n) is 3.21. The number of benzene rings is 1. The van der Waals surface area contributed by atoms with Crippen LogP contribution < -0.4 is 5.32 Å². The van der Waals surface area contributed by atoms with Gasteiger partial charge in [0.1, 0.15) is 0 Å². The second-order valence-corrected chi connectivity index (χ2v) is 7.84. The van der Waals surface area contributed by atoms with Crippen molar-refractivity contribution in [2.24, 2.45) is 0 Å². The molecular formula is C19H18N2O2S2. The number of carbonyl (C=O) groups excluding carboxylic acids is 1. The molecule has 0 unspecified atom stereocenters. The van der Waals surface area contributed by atoms with E-state index in [2.05, 4.69) is 10.3 Å². The third kappa shape index (κ3) is 3.25. The van der Waals surface area contributed by atoms with Crippen LogP contribution in [0, 0.1) is 0 Å². The molecule has 1 aromatic carbocycles. The monoisotopic (exact) mass is 370 g/mol. The molecule has 0 spiro atoms. The van der Waals surface area contributed by atoms with Crippen LogP contribution in [-0.2, 0) is 14.9 Å². The fourth-order valence-corrected chi connectivity index (χ4v) is 4.68. The Morgan fingerprint density at radius 3 is 2.60 bits per heavy atom. The van der Waals surface area contributed by atoms with Gasteiger partial charge in [0, 0.05) is 18.6 Å². The Morgan fingerprint density at radius 1 is 1.08 bits per heavy atom. The quantitative estimate of drug-likeness (QED) is 0.732. The highest BCUT2D eigenvalue weighted by Crippen LogP contribution is 2.37. The number of anilines is 1. The lowest BCUT2D eigenvalue weighted by molar-refractivity contribution is -0.125. The molecule has 1 aliphatic heterocycles. The molecule has 6 heteroatoms. The lowest BCUT2D eigenvalue weighted by Gasteiger charge is -2.35. The first kappa shape index (κ1) is 16.4. The van der Waals surface area contributed by atoms with E-state index in [-0.39, 0.29) is 5.91 Å². The van der Waals surface area contributed by atoms with Crippen molar-refractivity contribution in [1.29, 1.82) is 0 Å². The second-order valence-electron chi connectivity index (χ2n) is 6.03. The summed E-state index contributed by atoms with van der Waals surface area (Å²) in [6, 6.07) is 14.0. The summed E-state index contributed by atoms with van der Waals surface area (Å²) >= 11 is 3.11. The standard InChI is InChI=1S/C19H18N2O2S2/c22-17(21-18-20-15(13-25-18)16-7-4-12-24-16)19(8-10-23-11-9-19)14-5-2-1-3-6-14/h1-7,12-13H,8-11H2,(H,20,21,22). The van der Waals surface area contributed by atoms with Crippen molar-refractivity contribution in [2.75, 3.05) is 18.5 Å². The van der Waals surface area contributed by atoms with Crippen LogP contribution in [-0.4, -0.2) is 24.1 Å².